The zero-order valence-electron chi connectivity index (χ0n) is 13.5. The van der Waals surface area contributed by atoms with Gasteiger partial charge >= 0.3 is 0 Å². The van der Waals surface area contributed by atoms with Crippen LogP contribution >= 0.6 is 0 Å². The summed E-state index contributed by atoms with van der Waals surface area (Å²) >= 11 is 0. The Morgan fingerprint density at radius 1 is 1.04 bits per heavy atom. The third-order valence-electron chi connectivity index (χ3n) is 4.21. The van der Waals surface area contributed by atoms with Crippen molar-refractivity contribution in [1.82, 2.24) is 4.90 Å². The lowest BCUT2D eigenvalue weighted by Crippen LogP contribution is -2.38. The fourth-order valence-corrected chi connectivity index (χ4v) is 2.99. The van der Waals surface area contributed by atoms with E-state index in [9.17, 15) is 9.90 Å². The molecular weight excluding hydrogens is 318 g/mol. The highest BCUT2D eigenvalue weighted by Crippen LogP contribution is 2.29. The van der Waals surface area contributed by atoms with E-state index in [4.69, 9.17) is 9.15 Å². The van der Waals surface area contributed by atoms with Crippen molar-refractivity contribution in [3.8, 4) is 11.7 Å². The summed E-state index contributed by atoms with van der Waals surface area (Å²) in [6, 6.07) is 20.0. The van der Waals surface area contributed by atoms with E-state index in [1.807, 2.05) is 54.6 Å². The number of benzene rings is 2. The summed E-state index contributed by atoms with van der Waals surface area (Å²) in [6.07, 6.45) is -0.691. The van der Waals surface area contributed by atoms with Crippen molar-refractivity contribution < 1.29 is 19.1 Å². The predicted molar refractivity (Wildman–Crippen MR) is 91.4 cm³/mol. The number of hydrogen-bond donors (Lipinski definition) is 1. The molecule has 1 unspecified atom stereocenters. The molecule has 1 aliphatic heterocycles. The van der Waals surface area contributed by atoms with Crippen molar-refractivity contribution in [2.45, 2.75) is 12.6 Å². The van der Waals surface area contributed by atoms with Gasteiger partial charge in [-0.1, -0.05) is 42.5 Å². The Kier molecular flexibility index (Phi) is 3.99. The minimum atomic E-state index is -0.691. The van der Waals surface area contributed by atoms with Crippen LogP contribution in [-0.4, -0.2) is 22.5 Å². The van der Waals surface area contributed by atoms with Gasteiger partial charge in [0.1, 0.15) is 5.75 Å². The van der Waals surface area contributed by atoms with E-state index < -0.39 is 6.10 Å². The number of nitrogens with zero attached hydrogens (tertiary/aromatic N) is 1. The molecule has 0 aliphatic carbocycles. The summed E-state index contributed by atoms with van der Waals surface area (Å²) in [7, 11) is 0. The van der Waals surface area contributed by atoms with Crippen LogP contribution in [0.3, 0.4) is 0 Å². The maximum atomic E-state index is 12.7. The van der Waals surface area contributed by atoms with Gasteiger partial charge in [-0.2, -0.15) is 0 Å². The molecule has 3 aromatic rings. The van der Waals surface area contributed by atoms with Crippen molar-refractivity contribution >= 4 is 5.91 Å². The summed E-state index contributed by atoms with van der Waals surface area (Å²) in [5, 5.41) is 10.3. The first kappa shape index (κ1) is 15.5. The number of aliphatic hydroxyl groups excluding tert-OH is 1. The fourth-order valence-electron chi connectivity index (χ4n) is 2.99. The SMILES string of the molecule is O=C(c1ccc(Oc2ccccc2)o1)N1Cc2ccccc2C(O)C1. The van der Waals surface area contributed by atoms with E-state index in [0.717, 1.165) is 11.1 Å². The van der Waals surface area contributed by atoms with E-state index in [1.54, 1.807) is 17.0 Å². The number of rotatable bonds is 3. The molecule has 0 radical (unpaired) electrons. The average Bonchev–Trinajstić information content (AvgIpc) is 3.10. The van der Waals surface area contributed by atoms with Crippen LogP contribution in [0.5, 0.6) is 11.7 Å². The quantitative estimate of drug-likeness (QED) is 0.791. The fraction of sp³-hybridized carbons (Fsp3) is 0.150. The first-order valence-corrected chi connectivity index (χ1v) is 8.08. The number of ether oxygens (including phenoxy) is 1. The van der Waals surface area contributed by atoms with Crippen LogP contribution < -0.4 is 4.74 Å². The topological polar surface area (TPSA) is 62.9 Å². The Bertz CT molecular complexity index is 887. The highest BCUT2D eigenvalue weighted by molar-refractivity contribution is 5.91. The second-order valence-electron chi connectivity index (χ2n) is 5.93. The van der Waals surface area contributed by atoms with Crippen molar-refractivity contribution in [3.05, 3.63) is 83.6 Å². The van der Waals surface area contributed by atoms with Gasteiger partial charge in [0.05, 0.1) is 12.6 Å². The minimum absolute atomic E-state index is 0.192. The summed E-state index contributed by atoms with van der Waals surface area (Å²) in [5.74, 6) is 0.819. The van der Waals surface area contributed by atoms with Crippen LogP contribution in [0.1, 0.15) is 27.8 Å². The summed E-state index contributed by atoms with van der Waals surface area (Å²) in [6.45, 7) is 0.688. The molecule has 25 heavy (non-hydrogen) atoms. The van der Waals surface area contributed by atoms with Gasteiger partial charge in [-0.3, -0.25) is 4.79 Å². The molecule has 5 heteroatoms. The molecule has 1 aliphatic rings. The molecule has 1 aromatic heterocycles. The lowest BCUT2D eigenvalue weighted by Gasteiger charge is -2.31. The maximum absolute atomic E-state index is 12.7. The highest BCUT2D eigenvalue weighted by atomic mass is 16.6. The van der Waals surface area contributed by atoms with Crippen molar-refractivity contribution in [3.63, 3.8) is 0 Å². The molecule has 0 spiro atoms. The Labute approximate surface area is 145 Å². The first-order valence-electron chi connectivity index (χ1n) is 8.08. The molecule has 5 nitrogen and oxygen atoms in total. The minimum Gasteiger partial charge on any atom is -0.426 e. The molecule has 126 valence electrons. The van der Waals surface area contributed by atoms with Crippen molar-refractivity contribution in [2.75, 3.05) is 6.54 Å². The van der Waals surface area contributed by atoms with Crippen LogP contribution in [0.15, 0.2) is 71.1 Å². The molecule has 0 saturated heterocycles. The highest BCUT2D eigenvalue weighted by Gasteiger charge is 2.28. The third kappa shape index (κ3) is 3.14. The zero-order chi connectivity index (χ0) is 17.2. The molecule has 0 fully saturated rings. The Balaban J connectivity index is 1.50. The molecule has 0 bridgehead atoms. The normalized spacial score (nSPS) is 16.4. The predicted octanol–water partition coefficient (Wildman–Crippen LogP) is 3.76. The second-order valence-corrected chi connectivity index (χ2v) is 5.93. The smallest absolute Gasteiger partial charge is 0.290 e. The number of amides is 1. The maximum Gasteiger partial charge on any atom is 0.290 e. The number of aliphatic hydroxyl groups is 1. The number of furan rings is 1. The van der Waals surface area contributed by atoms with Crippen LogP contribution in [0, 0.1) is 0 Å². The van der Waals surface area contributed by atoms with E-state index in [0.29, 0.717) is 12.3 Å². The Morgan fingerprint density at radius 2 is 1.80 bits per heavy atom. The first-order chi connectivity index (χ1) is 12.2. The Morgan fingerprint density at radius 3 is 2.64 bits per heavy atom. The molecular formula is C20H17NO4. The number of carbonyl (C=O) groups is 1. The van der Waals surface area contributed by atoms with Crippen molar-refractivity contribution in [2.24, 2.45) is 0 Å². The van der Waals surface area contributed by atoms with E-state index in [2.05, 4.69) is 0 Å². The Hall–Kier alpha value is -3.05. The van der Waals surface area contributed by atoms with Gasteiger partial charge < -0.3 is 19.2 Å². The third-order valence-corrected chi connectivity index (χ3v) is 4.21. The number of β-amino-alcohol motifs (C(OH)–C–C–N with tert-alkyl or cyclic N) is 1. The van der Waals surface area contributed by atoms with E-state index in [1.165, 1.54) is 0 Å². The van der Waals surface area contributed by atoms with Crippen molar-refractivity contribution in [1.29, 1.82) is 0 Å². The van der Waals surface area contributed by atoms with Crippen LogP contribution in [0.2, 0.25) is 0 Å². The molecule has 2 heterocycles. The lowest BCUT2D eigenvalue weighted by atomic mass is 9.97. The molecule has 2 aromatic carbocycles. The summed E-state index contributed by atoms with van der Waals surface area (Å²) < 4.78 is 11.1. The number of fused-ring (bicyclic) bond motifs is 1. The van der Waals surface area contributed by atoms with Crippen LogP contribution in [0.4, 0.5) is 0 Å². The average molecular weight is 335 g/mol. The number of para-hydroxylation sites is 1. The number of hydrogen-bond acceptors (Lipinski definition) is 4. The molecule has 1 N–H and O–H groups in total. The van der Waals surface area contributed by atoms with E-state index in [-0.39, 0.29) is 24.2 Å². The largest absolute Gasteiger partial charge is 0.426 e. The number of carbonyl (C=O) groups excluding carboxylic acids is 1. The zero-order valence-corrected chi connectivity index (χ0v) is 13.5. The van der Waals surface area contributed by atoms with Gasteiger partial charge in [-0.05, 0) is 29.3 Å². The lowest BCUT2D eigenvalue weighted by molar-refractivity contribution is 0.0518. The summed E-state index contributed by atoms with van der Waals surface area (Å²) in [5.41, 5.74) is 1.82. The van der Waals surface area contributed by atoms with Gasteiger partial charge in [-0.25, -0.2) is 0 Å². The standard InChI is InChI=1S/C20H17NO4/c22-17-13-21(12-14-6-4-5-9-16(14)17)20(23)18-10-11-19(25-18)24-15-7-2-1-3-8-15/h1-11,17,22H,12-13H2. The van der Waals surface area contributed by atoms with Gasteiger partial charge in [0.15, 0.2) is 5.76 Å². The van der Waals surface area contributed by atoms with Crippen LogP contribution in [-0.2, 0) is 6.54 Å². The second kappa shape index (κ2) is 6.45. The molecule has 4 rings (SSSR count). The monoisotopic (exact) mass is 335 g/mol. The molecule has 1 amide bonds. The van der Waals surface area contributed by atoms with E-state index >= 15 is 0 Å². The summed E-state index contributed by atoms with van der Waals surface area (Å²) in [4.78, 5) is 14.3. The van der Waals surface area contributed by atoms with Gasteiger partial charge in [0, 0.05) is 12.6 Å². The molecule has 0 saturated carbocycles. The molecule has 1 atom stereocenters. The van der Waals surface area contributed by atoms with Gasteiger partial charge in [0.2, 0.25) is 0 Å². The van der Waals surface area contributed by atoms with Crippen LogP contribution in [0.25, 0.3) is 0 Å². The van der Waals surface area contributed by atoms with Gasteiger partial charge in [0.25, 0.3) is 11.9 Å². The van der Waals surface area contributed by atoms with Gasteiger partial charge in [-0.15, -0.1) is 0 Å².